The Balaban J connectivity index is 1.47. The molecule has 1 heterocycles. The maximum atomic E-state index is 13.0. The first-order valence-electron chi connectivity index (χ1n) is 7.74. The van der Waals surface area contributed by atoms with E-state index in [1.807, 2.05) is 12.2 Å². The van der Waals surface area contributed by atoms with Crippen molar-refractivity contribution in [3.63, 3.8) is 0 Å². The molecular weight excluding hydrogens is 335 g/mol. The average Bonchev–Trinajstić information content (AvgIpc) is 3.20. The van der Waals surface area contributed by atoms with E-state index in [1.165, 1.54) is 12.1 Å². The van der Waals surface area contributed by atoms with Gasteiger partial charge in [-0.1, -0.05) is 23.8 Å². The summed E-state index contributed by atoms with van der Waals surface area (Å²) in [6.07, 6.45) is 4.84. The van der Waals surface area contributed by atoms with Crippen LogP contribution >= 0.6 is 11.6 Å². The molecule has 1 aromatic carbocycles. The summed E-state index contributed by atoms with van der Waals surface area (Å²) in [5, 5.41) is 2.57. The number of benzene rings is 1. The minimum Gasteiger partial charge on any atom is -0.323 e. The first kappa shape index (κ1) is 15.3. The van der Waals surface area contributed by atoms with Crippen LogP contribution in [0.25, 0.3) is 0 Å². The van der Waals surface area contributed by atoms with Crippen LogP contribution in [0.5, 0.6) is 0 Å². The molecule has 0 aromatic heterocycles. The lowest BCUT2D eigenvalue weighted by Crippen LogP contribution is -2.39. The molecule has 1 aliphatic heterocycles. The summed E-state index contributed by atoms with van der Waals surface area (Å²) in [6.45, 7) is -0.349. The summed E-state index contributed by atoms with van der Waals surface area (Å²) in [5.41, 5.74) is 0.240. The normalized spacial score (nSPS) is 30.2. The van der Waals surface area contributed by atoms with Crippen LogP contribution in [0, 0.1) is 29.5 Å². The quantitative estimate of drug-likeness (QED) is 0.673. The van der Waals surface area contributed by atoms with Gasteiger partial charge >= 0.3 is 0 Å². The molecular formula is C17H14ClFN2O3. The minimum absolute atomic E-state index is 0.0570. The zero-order valence-electron chi connectivity index (χ0n) is 12.5. The largest absolute Gasteiger partial charge is 0.323 e. The van der Waals surface area contributed by atoms with Crippen molar-refractivity contribution in [2.45, 2.75) is 6.42 Å². The van der Waals surface area contributed by atoms with Gasteiger partial charge in [0.25, 0.3) is 0 Å². The highest BCUT2D eigenvalue weighted by Gasteiger charge is 2.59. The third-order valence-corrected chi connectivity index (χ3v) is 5.38. The molecule has 3 amide bonds. The molecule has 2 bridgehead atoms. The van der Waals surface area contributed by atoms with Gasteiger partial charge in [0.2, 0.25) is 17.7 Å². The zero-order chi connectivity index (χ0) is 17.0. The molecule has 1 aromatic rings. The second-order valence-electron chi connectivity index (χ2n) is 6.43. The van der Waals surface area contributed by atoms with Crippen molar-refractivity contribution in [2.75, 3.05) is 11.9 Å². The van der Waals surface area contributed by atoms with Crippen LogP contribution in [0.2, 0.25) is 5.02 Å². The lowest BCUT2D eigenvalue weighted by atomic mass is 9.85. The summed E-state index contributed by atoms with van der Waals surface area (Å²) in [5.74, 6) is -2.04. The molecule has 7 heteroatoms. The standard InChI is InChI=1S/C17H14ClFN2O3/c18-11-6-10(19)3-4-12(11)20-13(22)7-21-16(23)14-8-1-2-9(5-8)15(14)17(21)24/h1-4,6,8-9,14-15H,5,7H2,(H,20,22)/t8-,9-,14+,15+/m0/s1. The van der Waals surface area contributed by atoms with E-state index < -0.39 is 11.7 Å². The second kappa shape index (κ2) is 5.41. The molecule has 2 aliphatic carbocycles. The van der Waals surface area contributed by atoms with Crippen LogP contribution in [0.3, 0.4) is 0 Å². The van der Waals surface area contributed by atoms with Crippen LogP contribution in [-0.4, -0.2) is 29.2 Å². The number of carbonyl (C=O) groups excluding carboxylic acids is 3. The number of hydrogen-bond acceptors (Lipinski definition) is 3. The molecule has 1 N–H and O–H groups in total. The molecule has 2 fully saturated rings. The van der Waals surface area contributed by atoms with Gasteiger partial charge in [0.15, 0.2) is 0 Å². The monoisotopic (exact) mass is 348 g/mol. The molecule has 4 atom stereocenters. The smallest absolute Gasteiger partial charge is 0.244 e. The summed E-state index contributed by atoms with van der Waals surface area (Å²) in [4.78, 5) is 38.2. The number of imide groups is 1. The molecule has 3 aliphatic rings. The van der Waals surface area contributed by atoms with Crippen LogP contribution < -0.4 is 5.32 Å². The van der Waals surface area contributed by atoms with Gasteiger partial charge in [-0.05, 0) is 36.5 Å². The number of anilines is 1. The van der Waals surface area contributed by atoms with Crippen LogP contribution in [0.15, 0.2) is 30.4 Å². The topological polar surface area (TPSA) is 66.5 Å². The Labute approximate surface area is 142 Å². The number of likely N-dealkylation sites (tertiary alicyclic amines) is 1. The number of hydrogen-bond donors (Lipinski definition) is 1. The van der Waals surface area contributed by atoms with Crippen LogP contribution in [0.4, 0.5) is 10.1 Å². The van der Waals surface area contributed by atoms with Crippen molar-refractivity contribution in [1.29, 1.82) is 0 Å². The van der Waals surface area contributed by atoms with Gasteiger partial charge in [-0.15, -0.1) is 0 Å². The molecule has 5 nitrogen and oxygen atoms in total. The third kappa shape index (κ3) is 2.24. The van der Waals surface area contributed by atoms with Gasteiger partial charge in [0.05, 0.1) is 22.5 Å². The van der Waals surface area contributed by atoms with E-state index in [1.54, 1.807) is 0 Å². The molecule has 0 spiro atoms. The molecule has 24 heavy (non-hydrogen) atoms. The highest BCUT2D eigenvalue weighted by atomic mass is 35.5. The van der Waals surface area contributed by atoms with E-state index in [0.29, 0.717) is 0 Å². The lowest BCUT2D eigenvalue weighted by Gasteiger charge is -2.17. The number of rotatable bonds is 3. The van der Waals surface area contributed by atoms with Crippen molar-refractivity contribution >= 4 is 35.0 Å². The molecule has 1 saturated heterocycles. The van der Waals surface area contributed by atoms with E-state index in [9.17, 15) is 18.8 Å². The molecule has 0 radical (unpaired) electrons. The van der Waals surface area contributed by atoms with Crippen molar-refractivity contribution in [2.24, 2.45) is 23.7 Å². The Morgan fingerprint density at radius 1 is 1.21 bits per heavy atom. The number of nitrogens with zero attached hydrogens (tertiary/aromatic N) is 1. The Morgan fingerprint density at radius 3 is 2.42 bits per heavy atom. The minimum atomic E-state index is -0.537. The highest BCUT2D eigenvalue weighted by molar-refractivity contribution is 6.33. The lowest BCUT2D eigenvalue weighted by molar-refractivity contribution is -0.143. The third-order valence-electron chi connectivity index (χ3n) is 5.07. The van der Waals surface area contributed by atoms with E-state index in [4.69, 9.17) is 11.6 Å². The van der Waals surface area contributed by atoms with E-state index in [-0.39, 0.29) is 52.7 Å². The van der Waals surface area contributed by atoms with Crippen molar-refractivity contribution in [3.8, 4) is 0 Å². The number of allylic oxidation sites excluding steroid dienone is 2. The number of fused-ring (bicyclic) bond motifs is 5. The SMILES string of the molecule is O=C(CN1C(=O)[C@H]2[C@H](C1=O)[C@H]1C=C[C@H]2C1)Nc1ccc(F)cc1Cl. The fourth-order valence-corrected chi connectivity index (χ4v) is 4.26. The Bertz CT molecular complexity index is 764. The summed E-state index contributed by atoms with van der Waals surface area (Å²) >= 11 is 5.86. The summed E-state index contributed by atoms with van der Waals surface area (Å²) in [6, 6.07) is 3.58. The first-order valence-corrected chi connectivity index (χ1v) is 8.12. The van der Waals surface area contributed by atoms with Crippen molar-refractivity contribution < 1.29 is 18.8 Å². The van der Waals surface area contributed by atoms with Crippen molar-refractivity contribution in [1.82, 2.24) is 4.90 Å². The van der Waals surface area contributed by atoms with Crippen molar-refractivity contribution in [3.05, 3.63) is 41.2 Å². The van der Waals surface area contributed by atoms with Crippen LogP contribution in [0.1, 0.15) is 6.42 Å². The highest BCUT2D eigenvalue weighted by Crippen LogP contribution is 2.52. The molecule has 124 valence electrons. The van der Waals surface area contributed by atoms with E-state index in [0.717, 1.165) is 17.4 Å². The fraction of sp³-hybridized carbons (Fsp3) is 0.353. The number of halogens is 2. The first-order chi connectivity index (χ1) is 11.5. The fourth-order valence-electron chi connectivity index (χ4n) is 4.04. The Morgan fingerprint density at radius 2 is 1.83 bits per heavy atom. The molecule has 1 saturated carbocycles. The maximum Gasteiger partial charge on any atom is 0.244 e. The molecule has 4 rings (SSSR count). The van der Waals surface area contributed by atoms with Gasteiger partial charge in [-0.2, -0.15) is 0 Å². The Kier molecular flexibility index (Phi) is 3.46. The average molecular weight is 349 g/mol. The van der Waals surface area contributed by atoms with Crippen LogP contribution in [-0.2, 0) is 14.4 Å². The number of nitrogens with one attached hydrogen (secondary N) is 1. The van der Waals surface area contributed by atoms with Gasteiger partial charge in [-0.3, -0.25) is 19.3 Å². The maximum absolute atomic E-state index is 13.0. The number of amides is 3. The molecule has 0 unspecified atom stereocenters. The van der Waals surface area contributed by atoms with Gasteiger partial charge in [0, 0.05) is 0 Å². The summed E-state index contributed by atoms with van der Waals surface area (Å²) < 4.78 is 13.0. The van der Waals surface area contributed by atoms with Gasteiger partial charge < -0.3 is 5.32 Å². The van der Waals surface area contributed by atoms with Gasteiger partial charge in [-0.25, -0.2) is 4.39 Å². The van der Waals surface area contributed by atoms with Gasteiger partial charge in [0.1, 0.15) is 12.4 Å². The second-order valence-corrected chi connectivity index (χ2v) is 6.84. The predicted octanol–water partition coefficient (Wildman–Crippen LogP) is 2.22. The Hall–Kier alpha value is -2.21. The zero-order valence-corrected chi connectivity index (χ0v) is 13.3. The number of carbonyl (C=O) groups is 3. The summed E-state index contributed by atoms with van der Waals surface area (Å²) in [7, 11) is 0. The van der Waals surface area contributed by atoms with E-state index in [2.05, 4.69) is 5.32 Å². The van der Waals surface area contributed by atoms with E-state index >= 15 is 0 Å². The predicted molar refractivity (Wildman–Crippen MR) is 84.5 cm³/mol.